The second kappa shape index (κ2) is 8.63. The fraction of sp³-hybridized carbons (Fsp3) is 0.938. The zero-order chi connectivity index (χ0) is 15.0. The molecule has 1 fully saturated rings. The van der Waals surface area contributed by atoms with Crippen molar-refractivity contribution >= 4 is 5.97 Å². The maximum absolute atomic E-state index is 11.7. The number of nitrogens with one attached hydrogen (secondary N) is 1. The first kappa shape index (κ1) is 17.4. The highest BCUT2D eigenvalue weighted by atomic mass is 16.5. The summed E-state index contributed by atoms with van der Waals surface area (Å²) >= 11 is 0. The van der Waals surface area contributed by atoms with Crippen molar-refractivity contribution in [1.29, 1.82) is 0 Å². The van der Waals surface area contributed by atoms with Gasteiger partial charge in [-0.3, -0.25) is 10.1 Å². The van der Waals surface area contributed by atoms with Crippen LogP contribution >= 0.6 is 0 Å². The Bertz CT molecular complexity index is 291. The van der Waals surface area contributed by atoms with E-state index in [9.17, 15) is 9.90 Å². The van der Waals surface area contributed by atoms with E-state index in [0.29, 0.717) is 25.7 Å². The van der Waals surface area contributed by atoms with Gasteiger partial charge in [-0.1, -0.05) is 40.0 Å². The van der Waals surface area contributed by atoms with Gasteiger partial charge >= 0.3 is 5.97 Å². The van der Waals surface area contributed by atoms with E-state index in [4.69, 9.17) is 4.74 Å². The van der Waals surface area contributed by atoms with Gasteiger partial charge in [0.05, 0.1) is 6.61 Å². The quantitative estimate of drug-likeness (QED) is 0.578. The minimum atomic E-state index is -0.863. The summed E-state index contributed by atoms with van der Waals surface area (Å²) in [5, 5.41) is 12.8. The van der Waals surface area contributed by atoms with Crippen LogP contribution in [0, 0.1) is 11.8 Å². The largest absolute Gasteiger partial charge is 0.480 e. The minimum absolute atomic E-state index is 0.232. The van der Waals surface area contributed by atoms with Gasteiger partial charge in [0.15, 0.2) is 0 Å². The number of carbonyl (C=O) groups is 1. The lowest BCUT2D eigenvalue weighted by molar-refractivity contribution is -0.149. The lowest BCUT2D eigenvalue weighted by Crippen LogP contribution is -2.57. The normalized spacial score (nSPS) is 19.6. The molecule has 2 unspecified atom stereocenters. The molecule has 1 aliphatic rings. The van der Waals surface area contributed by atoms with Crippen LogP contribution in [0.25, 0.3) is 0 Å². The van der Waals surface area contributed by atoms with Crippen molar-refractivity contribution in [2.24, 2.45) is 11.8 Å². The number of unbranched alkanes of at least 4 members (excludes halogenated alkanes) is 1. The van der Waals surface area contributed by atoms with Crippen LogP contribution in [0.4, 0.5) is 0 Å². The number of ether oxygens (including phenoxy) is 1. The lowest BCUT2D eigenvalue weighted by Gasteiger charge is -2.31. The molecule has 0 radical (unpaired) electrons. The van der Waals surface area contributed by atoms with Crippen molar-refractivity contribution < 1.29 is 14.6 Å². The molecule has 0 spiro atoms. The molecule has 0 saturated heterocycles. The smallest absolute Gasteiger partial charge is 0.326 e. The molecule has 2 atom stereocenters. The van der Waals surface area contributed by atoms with Crippen LogP contribution in [0.1, 0.15) is 59.3 Å². The molecular formula is C16H31NO3. The van der Waals surface area contributed by atoms with Crippen LogP contribution in [0.15, 0.2) is 0 Å². The Kier molecular flexibility index (Phi) is 7.52. The molecule has 4 nitrogen and oxygen atoms in total. The van der Waals surface area contributed by atoms with Crippen molar-refractivity contribution in [3.05, 3.63) is 0 Å². The zero-order valence-electron chi connectivity index (χ0n) is 13.3. The first-order valence-electron chi connectivity index (χ1n) is 8.16. The van der Waals surface area contributed by atoms with Gasteiger partial charge in [-0.25, -0.2) is 0 Å². The van der Waals surface area contributed by atoms with Gasteiger partial charge in [0.2, 0.25) is 0 Å². The maximum Gasteiger partial charge on any atom is 0.326 e. The van der Waals surface area contributed by atoms with Gasteiger partial charge in [-0.2, -0.15) is 0 Å². The Morgan fingerprint density at radius 1 is 1.40 bits per heavy atom. The Balaban J connectivity index is 2.47. The van der Waals surface area contributed by atoms with Crippen molar-refractivity contribution in [2.75, 3.05) is 19.8 Å². The Labute approximate surface area is 123 Å². The summed E-state index contributed by atoms with van der Waals surface area (Å²) in [4.78, 5) is 11.7. The van der Waals surface area contributed by atoms with E-state index in [1.807, 2.05) is 6.92 Å². The van der Waals surface area contributed by atoms with Crippen LogP contribution in [0.3, 0.4) is 0 Å². The van der Waals surface area contributed by atoms with Crippen LogP contribution in [-0.4, -0.2) is 36.4 Å². The molecule has 0 amide bonds. The van der Waals surface area contributed by atoms with Crippen LogP contribution in [0.2, 0.25) is 0 Å². The fourth-order valence-corrected chi connectivity index (χ4v) is 2.80. The van der Waals surface area contributed by atoms with E-state index in [1.54, 1.807) is 0 Å². The summed E-state index contributed by atoms with van der Waals surface area (Å²) < 4.78 is 5.82. The summed E-state index contributed by atoms with van der Waals surface area (Å²) in [7, 11) is 0. The Morgan fingerprint density at radius 3 is 2.55 bits per heavy atom. The molecule has 20 heavy (non-hydrogen) atoms. The molecule has 0 aromatic rings. The Morgan fingerprint density at radius 2 is 2.10 bits per heavy atom. The van der Waals surface area contributed by atoms with E-state index in [0.717, 1.165) is 19.3 Å². The molecule has 0 aliphatic heterocycles. The summed E-state index contributed by atoms with van der Waals surface area (Å²) in [6, 6.07) is 0. The predicted octanol–water partition coefficient (Wildman–Crippen LogP) is 3.06. The second-order valence-electron chi connectivity index (χ2n) is 6.01. The van der Waals surface area contributed by atoms with Crippen molar-refractivity contribution in [3.8, 4) is 0 Å². The summed E-state index contributed by atoms with van der Waals surface area (Å²) in [5.74, 6) is 0.0291. The number of carboxylic acid groups (broad SMARTS) is 1. The standard InChI is InChI=1S/C16H31NO3/c1-4-7-8-13(5-2)11-20-12-16(15(18)19,17-6-3)14-9-10-14/h13-14,17H,4-12H2,1-3H3,(H,18,19). The summed E-state index contributed by atoms with van der Waals surface area (Å²) in [6.45, 7) is 7.98. The molecular weight excluding hydrogens is 254 g/mol. The van der Waals surface area contributed by atoms with Gasteiger partial charge in [-0.05, 0) is 37.6 Å². The third-order valence-corrected chi connectivity index (χ3v) is 4.37. The van der Waals surface area contributed by atoms with Gasteiger partial charge < -0.3 is 9.84 Å². The number of hydrogen-bond donors (Lipinski definition) is 2. The highest BCUT2D eigenvalue weighted by Crippen LogP contribution is 2.40. The van der Waals surface area contributed by atoms with Crippen molar-refractivity contribution in [1.82, 2.24) is 5.32 Å². The summed E-state index contributed by atoms with van der Waals surface area (Å²) in [6.07, 6.45) is 6.70. The lowest BCUT2D eigenvalue weighted by atomic mass is 9.94. The molecule has 2 N–H and O–H groups in total. The van der Waals surface area contributed by atoms with E-state index in [1.165, 1.54) is 19.3 Å². The van der Waals surface area contributed by atoms with Crippen molar-refractivity contribution in [2.45, 2.75) is 64.8 Å². The van der Waals surface area contributed by atoms with Crippen LogP contribution < -0.4 is 5.32 Å². The second-order valence-corrected chi connectivity index (χ2v) is 6.01. The molecule has 1 saturated carbocycles. The average Bonchev–Trinajstić information content (AvgIpc) is 3.25. The van der Waals surface area contributed by atoms with E-state index in [2.05, 4.69) is 19.2 Å². The predicted molar refractivity (Wildman–Crippen MR) is 80.9 cm³/mol. The molecule has 1 rings (SSSR count). The van der Waals surface area contributed by atoms with Crippen LogP contribution in [-0.2, 0) is 9.53 Å². The first-order valence-corrected chi connectivity index (χ1v) is 8.16. The molecule has 4 heteroatoms. The van der Waals surface area contributed by atoms with E-state index < -0.39 is 11.5 Å². The third-order valence-electron chi connectivity index (χ3n) is 4.37. The highest BCUT2D eigenvalue weighted by molar-refractivity contribution is 5.80. The topological polar surface area (TPSA) is 58.6 Å². The monoisotopic (exact) mass is 285 g/mol. The molecule has 1 aliphatic carbocycles. The van der Waals surface area contributed by atoms with Crippen LogP contribution in [0.5, 0.6) is 0 Å². The minimum Gasteiger partial charge on any atom is -0.480 e. The number of likely N-dealkylation sites (N-methyl/N-ethyl adjacent to an activating group) is 1. The number of aliphatic carboxylic acids is 1. The molecule has 0 heterocycles. The molecule has 118 valence electrons. The van der Waals surface area contributed by atoms with Gasteiger partial charge in [0.25, 0.3) is 0 Å². The number of hydrogen-bond acceptors (Lipinski definition) is 3. The first-order chi connectivity index (χ1) is 9.60. The van der Waals surface area contributed by atoms with Crippen molar-refractivity contribution in [3.63, 3.8) is 0 Å². The summed E-state index contributed by atoms with van der Waals surface area (Å²) in [5.41, 5.74) is -0.863. The Hall–Kier alpha value is -0.610. The molecule has 0 bridgehead atoms. The molecule has 0 aromatic carbocycles. The van der Waals surface area contributed by atoms with E-state index >= 15 is 0 Å². The number of carboxylic acids is 1. The average molecular weight is 285 g/mol. The molecule has 0 aromatic heterocycles. The highest BCUT2D eigenvalue weighted by Gasteiger charge is 2.51. The maximum atomic E-state index is 11.7. The van der Waals surface area contributed by atoms with Gasteiger partial charge in [0, 0.05) is 6.61 Å². The third kappa shape index (κ3) is 4.74. The fourth-order valence-electron chi connectivity index (χ4n) is 2.80. The number of rotatable bonds is 12. The van der Waals surface area contributed by atoms with Gasteiger partial charge in [-0.15, -0.1) is 0 Å². The SMILES string of the molecule is CCCCC(CC)COCC(NCC)(C(=O)O)C1CC1. The zero-order valence-corrected chi connectivity index (χ0v) is 13.3. The van der Waals surface area contributed by atoms with E-state index in [-0.39, 0.29) is 5.92 Å². The van der Waals surface area contributed by atoms with Gasteiger partial charge in [0.1, 0.15) is 5.54 Å².